The van der Waals surface area contributed by atoms with Gasteiger partial charge in [-0.2, -0.15) is 0 Å². The van der Waals surface area contributed by atoms with Crippen LogP contribution < -0.4 is 5.56 Å². The number of H-pyrrole nitrogens is 1. The van der Waals surface area contributed by atoms with Gasteiger partial charge in [0.1, 0.15) is 0 Å². The minimum atomic E-state index is -0.237. The Hall–Kier alpha value is -1.97. The van der Waals surface area contributed by atoms with Crippen molar-refractivity contribution in [2.45, 2.75) is 13.3 Å². The van der Waals surface area contributed by atoms with Crippen LogP contribution in [-0.4, -0.2) is 14.9 Å². The Morgan fingerprint density at radius 1 is 1.33 bits per heavy atom. The van der Waals surface area contributed by atoms with E-state index in [0.717, 1.165) is 5.69 Å². The molecule has 1 aromatic carbocycles. The van der Waals surface area contributed by atoms with E-state index in [9.17, 15) is 9.90 Å². The van der Waals surface area contributed by atoms with Gasteiger partial charge in [-0.05, 0) is 18.6 Å². The van der Waals surface area contributed by atoms with Crippen LogP contribution in [0.4, 0.5) is 0 Å². The van der Waals surface area contributed by atoms with E-state index in [1.165, 1.54) is 4.68 Å². The third kappa shape index (κ3) is 1.54. The summed E-state index contributed by atoms with van der Waals surface area (Å²) >= 11 is 0. The van der Waals surface area contributed by atoms with E-state index >= 15 is 0 Å². The van der Waals surface area contributed by atoms with E-state index in [1.807, 2.05) is 37.3 Å². The van der Waals surface area contributed by atoms with Crippen LogP contribution in [0.1, 0.15) is 12.5 Å². The first kappa shape index (κ1) is 9.58. The number of hydrogen-bond acceptors (Lipinski definition) is 2. The van der Waals surface area contributed by atoms with Crippen LogP contribution in [0.3, 0.4) is 0 Å². The zero-order chi connectivity index (χ0) is 10.8. The van der Waals surface area contributed by atoms with Gasteiger partial charge in [0.15, 0.2) is 0 Å². The van der Waals surface area contributed by atoms with E-state index in [4.69, 9.17) is 0 Å². The van der Waals surface area contributed by atoms with Gasteiger partial charge in [-0.25, -0.2) is 4.68 Å². The van der Waals surface area contributed by atoms with Crippen LogP contribution in [0.15, 0.2) is 35.1 Å². The second kappa shape index (κ2) is 3.65. The van der Waals surface area contributed by atoms with Crippen LogP contribution in [0.2, 0.25) is 0 Å². The molecule has 0 aliphatic rings. The number of aromatic hydroxyl groups is 1. The maximum atomic E-state index is 11.4. The number of aromatic amines is 1. The van der Waals surface area contributed by atoms with Gasteiger partial charge in [0.2, 0.25) is 5.88 Å². The van der Waals surface area contributed by atoms with E-state index in [2.05, 4.69) is 5.10 Å². The molecule has 0 aliphatic heterocycles. The Balaban J connectivity index is 2.60. The quantitative estimate of drug-likeness (QED) is 0.777. The summed E-state index contributed by atoms with van der Waals surface area (Å²) in [7, 11) is 0. The summed E-state index contributed by atoms with van der Waals surface area (Å²) in [5, 5.41) is 12.4. The lowest BCUT2D eigenvalue weighted by molar-refractivity contribution is 0.428. The average Bonchev–Trinajstić information content (AvgIpc) is 2.55. The van der Waals surface area contributed by atoms with E-state index in [-0.39, 0.29) is 11.4 Å². The van der Waals surface area contributed by atoms with Crippen molar-refractivity contribution in [2.75, 3.05) is 0 Å². The predicted octanol–water partition coefficient (Wildman–Crippen LogP) is 1.43. The van der Waals surface area contributed by atoms with Crippen LogP contribution in [-0.2, 0) is 6.42 Å². The molecule has 2 N–H and O–H groups in total. The molecular formula is C11H12N2O2. The molecule has 0 atom stereocenters. The molecule has 78 valence electrons. The fourth-order valence-electron chi connectivity index (χ4n) is 1.54. The highest BCUT2D eigenvalue weighted by Gasteiger charge is 2.12. The first-order chi connectivity index (χ1) is 7.24. The molecule has 1 aromatic heterocycles. The van der Waals surface area contributed by atoms with Crippen molar-refractivity contribution >= 4 is 0 Å². The van der Waals surface area contributed by atoms with Crippen LogP contribution in [0.5, 0.6) is 5.88 Å². The Kier molecular flexibility index (Phi) is 2.33. The summed E-state index contributed by atoms with van der Waals surface area (Å²) in [6.45, 7) is 1.83. The average molecular weight is 204 g/mol. The monoisotopic (exact) mass is 204 g/mol. The smallest absolute Gasteiger partial charge is 0.271 e. The van der Waals surface area contributed by atoms with Gasteiger partial charge in [-0.15, -0.1) is 0 Å². The zero-order valence-corrected chi connectivity index (χ0v) is 8.40. The van der Waals surface area contributed by atoms with Crippen molar-refractivity contribution < 1.29 is 5.11 Å². The molecule has 1 heterocycles. The Bertz CT molecular complexity index is 511. The summed E-state index contributed by atoms with van der Waals surface area (Å²) in [6, 6.07) is 9.20. The third-order valence-corrected chi connectivity index (χ3v) is 2.34. The molecule has 15 heavy (non-hydrogen) atoms. The number of benzene rings is 1. The first-order valence-electron chi connectivity index (χ1n) is 4.82. The second-order valence-electron chi connectivity index (χ2n) is 3.27. The molecular weight excluding hydrogens is 192 g/mol. The SMILES string of the molecule is CCc1c(O)n(-c2ccccc2)[nH]c1=O. The first-order valence-corrected chi connectivity index (χ1v) is 4.82. The molecule has 0 aliphatic carbocycles. The molecule has 0 saturated carbocycles. The summed E-state index contributed by atoms with van der Waals surface area (Å²) in [5.74, 6) is -0.00583. The highest BCUT2D eigenvalue weighted by Crippen LogP contribution is 2.17. The molecule has 0 radical (unpaired) electrons. The van der Waals surface area contributed by atoms with E-state index in [0.29, 0.717) is 12.0 Å². The Morgan fingerprint density at radius 3 is 2.53 bits per heavy atom. The molecule has 0 spiro atoms. The lowest BCUT2D eigenvalue weighted by Crippen LogP contribution is -2.06. The normalized spacial score (nSPS) is 10.5. The maximum Gasteiger partial charge on any atom is 0.271 e. The van der Waals surface area contributed by atoms with Crippen LogP contribution in [0.25, 0.3) is 5.69 Å². The lowest BCUT2D eigenvalue weighted by atomic mass is 10.2. The van der Waals surface area contributed by atoms with Crippen molar-refractivity contribution in [3.63, 3.8) is 0 Å². The van der Waals surface area contributed by atoms with Crippen molar-refractivity contribution in [3.8, 4) is 11.6 Å². The second-order valence-corrected chi connectivity index (χ2v) is 3.27. The molecule has 4 nitrogen and oxygen atoms in total. The Morgan fingerprint density at radius 2 is 2.00 bits per heavy atom. The summed E-state index contributed by atoms with van der Waals surface area (Å²) in [4.78, 5) is 11.4. The molecule has 0 bridgehead atoms. The molecule has 0 fully saturated rings. The molecule has 2 rings (SSSR count). The van der Waals surface area contributed by atoms with Gasteiger partial charge < -0.3 is 5.11 Å². The van der Waals surface area contributed by atoms with Gasteiger partial charge in [0, 0.05) is 0 Å². The molecule has 0 unspecified atom stereocenters. The largest absolute Gasteiger partial charge is 0.493 e. The fraction of sp³-hybridized carbons (Fsp3) is 0.182. The third-order valence-electron chi connectivity index (χ3n) is 2.34. The van der Waals surface area contributed by atoms with Crippen molar-refractivity contribution in [3.05, 3.63) is 46.2 Å². The van der Waals surface area contributed by atoms with Crippen LogP contribution in [0, 0.1) is 0 Å². The highest BCUT2D eigenvalue weighted by atomic mass is 16.3. The fourth-order valence-corrected chi connectivity index (χ4v) is 1.54. The van der Waals surface area contributed by atoms with Gasteiger partial charge in [-0.1, -0.05) is 25.1 Å². The minimum Gasteiger partial charge on any atom is -0.493 e. The summed E-state index contributed by atoms with van der Waals surface area (Å²) in [5.41, 5.74) is 0.921. The number of rotatable bonds is 2. The van der Waals surface area contributed by atoms with Gasteiger partial charge in [0.05, 0.1) is 11.3 Å². The standard InChI is InChI=1S/C11H12N2O2/c1-2-9-10(14)12-13(11(9)15)8-6-4-3-5-7-8/h3-7,15H,2H2,1H3,(H,12,14). The van der Waals surface area contributed by atoms with E-state index in [1.54, 1.807) is 0 Å². The topological polar surface area (TPSA) is 58.0 Å². The summed E-state index contributed by atoms with van der Waals surface area (Å²) in [6.07, 6.45) is 0.515. The van der Waals surface area contributed by atoms with Gasteiger partial charge in [-0.3, -0.25) is 9.89 Å². The number of nitrogens with zero attached hydrogens (tertiary/aromatic N) is 1. The van der Waals surface area contributed by atoms with Gasteiger partial charge >= 0.3 is 0 Å². The zero-order valence-electron chi connectivity index (χ0n) is 8.40. The number of para-hydroxylation sites is 1. The molecule has 0 saturated heterocycles. The predicted molar refractivity (Wildman–Crippen MR) is 57.4 cm³/mol. The number of aromatic nitrogens is 2. The Labute approximate surface area is 86.8 Å². The molecule has 2 aromatic rings. The van der Waals surface area contributed by atoms with Gasteiger partial charge in [0.25, 0.3) is 5.56 Å². The number of hydrogen-bond donors (Lipinski definition) is 2. The molecule has 0 amide bonds. The molecule has 4 heteroatoms. The van der Waals surface area contributed by atoms with Crippen molar-refractivity contribution in [2.24, 2.45) is 0 Å². The highest BCUT2D eigenvalue weighted by molar-refractivity contribution is 5.37. The lowest BCUT2D eigenvalue weighted by Gasteiger charge is -2.03. The minimum absolute atomic E-state index is 0.00583. The van der Waals surface area contributed by atoms with Crippen molar-refractivity contribution in [1.82, 2.24) is 9.78 Å². The maximum absolute atomic E-state index is 11.4. The number of nitrogens with one attached hydrogen (secondary N) is 1. The summed E-state index contributed by atoms with van der Waals surface area (Å²) < 4.78 is 1.39. The van der Waals surface area contributed by atoms with E-state index < -0.39 is 0 Å². The van der Waals surface area contributed by atoms with Crippen LogP contribution >= 0.6 is 0 Å². The van der Waals surface area contributed by atoms with Crippen molar-refractivity contribution in [1.29, 1.82) is 0 Å².